The molecule has 2 aromatic heterocycles. The average molecular weight is 489 g/mol. The minimum Gasteiger partial charge on any atom is -0.465 e. The van der Waals surface area contributed by atoms with E-state index in [1.807, 2.05) is 37.3 Å². The zero-order chi connectivity index (χ0) is 23.7. The van der Waals surface area contributed by atoms with Crippen LogP contribution in [0.3, 0.4) is 0 Å². The highest BCUT2D eigenvalue weighted by Crippen LogP contribution is 2.48. The van der Waals surface area contributed by atoms with Crippen molar-refractivity contribution in [2.24, 2.45) is 11.7 Å². The van der Waals surface area contributed by atoms with Crippen molar-refractivity contribution in [1.82, 2.24) is 9.88 Å². The van der Waals surface area contributed by atoms with Gasteiger partial charge >= 0.3 is 12.3 Å². The Balaban J connectivity index is 0.000000668. The molecule has 172 valence electrons. The van der Waals surface area contributed by atoms with E-state index in [2.05, 4.69) is 20.1 Å². The summed E-state index contributed by atoms with van der Waals surface area (Å²) in [5.41, 5.74) is 5.04. The maximum Gasteiger partial charge on any atom is 0.452 e. The van der Waals surface area contributed by atoms with Crippen LogP contribution < -0.4 is 10.5 Å². The summed E-state index contributed by atoms with van der Waals surface area (Å²) in [6.45, 7) is 1.97. The Morgan fingerprint density at radius 3 is 2.41 bits per heavy atom. The van der Waals surface area contributed by atoms with E-state index >= 15 is 0 Å². The summed E-state index contributed by atoms with van der Waals surface area (Å²) in [7, 11) is -3.79. The third-order valence-electron chi connectivity index (χ3n) is 4.74. The Labute approximate surface area is 184 Å². The topological polar surface area (TPSA) is 136 Å². The summed E-state index contributed by atoms with van der Waals surface area (Å²) in [5, 5.41) is 10.6. The van der Waals surface area contributed by atoms with Gasteiger partial charge in [0.1, 0.15) is 9.90 Å². The highest BCUT2D eigenvalue weighted by molar-refractivity contribution is 7.91. The summed E-state index contributed by atoms with van der Waals surface area (Å²) in [6.07, 6.45) is -5.98. The number of thiophene rings is 1. The number of primary amides is 1. The third kappa shape index (κ3) is 5.47. The molecule has 0 aliphatic heterocycles. The first-order valence-electron chi connectivity index (χ1n) is 9.10. The van der Waals surface area contributed by atoms with Gasteiger partial charge in [-0.1, -0.05) is 42.4 Å². The standard InChI is InChI=1S/C18H15F3N2O3S2.CH3NO2/c1-10-16(11-5-3-2-4-6-11)17(10)23-28(24,25)15-8-7-13(27-15)12-9-14(26-22-12)18(19,20)21;2-1(3)4/h2-10,16-17,23H,1H3;2H2,(H,3,4)/t10-,16-,17+;/m1./s1. The van der Waals surface area contributed by atoms with Crippen molar-refractivity contribution in [3.63, 3.8) is 0 Å². The molecule has 13 heteroatoms. The molecule has 0 bridgehead atoms. The van der Waals surface area contributed by atoms with Crippen molar-refractivity contribution in [2.75, 3.05) is 0 Å². The Kier molecular flexibility index (Phi) is 6.62. The number of halogens is 3. The van der Waals surface area contributed by atoms with E-state index in [0.717, 1.165) is 23.0 Å². The molecule has 4 rings (SSSR count). The van der Waals surface area contributed by atoms with Gasteiger partial charge in [-0.25, -0.2) is 17.9 Å². The van der Waals surface area contributed by atoms with Crippen LogP contribution in [0, 0.1) is 5.92 Å². The highest BCUT2D eigenvalue weighted by Gasteiger charge is 2.49. The second kappa shape index (κ2) is 8.92. The van der Waals surface area contributed by atoms with Crippen molar-refractivity contribution in [3.05, 3.63) is 59.9 Å². The van der Waals surface area contributed by atoms with Crippen LogP contribution in [0.4, 0.5) is 18.0 Å². The fourth-order valence-corrected chi connectivity index (χ4v) is 5.82. The van der Waals surface area contributed by atoms with E-state index in [9.17, 15) is 21.6 Å². The van der Waals surface area contributed by atoms with E-state index in [-0.39, 0.29) is 32.7 Å². The monoisotopic (exact) mass is 489 g/mol. The van der Waals surface area contributed by atoms with Crippen LogP contribution in [0.2, 0.25) is 0 Å². The summed E-state index contributed by atoms with van der Waals surface area (Å²) >= 11 is 0.845. The third-order valence-corrected chi connectivity index (χ3v) is 7.80. The molecule has 1 amide bonds. The number of aromatic nitrogens is 1. The molecule has 1 fully saturated rings. The Morgan fingerprint density at radius 1 is 1.22 bits per heavy atom. The van der Waals surface area contributed by atoms with Crippen LogP contribution in [0.5, 0.6) is 0 Å². The molecule has 8 nitrogen and oxygen atoms in total. The lowest BCUT2D eigenvalue weighted by atomic mass is 10.1. The van der Waals surface area contributed by atoms with Crippen LogP contribution in [0.1, 0.15) is 24.2 Å². The Morgan fingerprint density at radius 2 is 1.84 bits per heavy atom. The lowest BCUT2D eigenvalue weighted by Crippen LogP contribution is -2.27. The SMILES string of the molecule is C[C@H]1[C@H](NS(=O)(=O)c2ccc(-c3cc(C(F)(F)F)on3)s2)[C@H]1c1ccccc1.NC(=O)O. The fraction of sp³-hybridized carbons (Fsp3) is 0.263. The van der Waals surface area contributed by atoms with Gasteiger partial charge in [-0.2, -0.15) is 13.2 Å². The molecule has 2 heterocycles. The number of nitrogens with zero attached hydrogens (tertiary/aromatic N) is 1. The second-order valence-corrected chi connectivity index (χ2v) is 10.00. The van der Waals surface area contributed by atoms with Gasteiger partial charge in [0, 0.05) is 18.0 Å². The maximum atomic E-state index is 12.7. The summed E-state index contributed by atoms with van der Waals surface area (Å²) in [6, 6.07) is 12.9. The predicted octanol–water partition coefficient (Wildman–Crippen LogP) is 4.13. The molecule has 3 aromatic rings. The van der Waals surface area contributed by atoms with Crippen molar-refractivity contribution in [1.29, 1.82) is 0 Å². The Bertz CT molecular complexity index is 1190. The largest absolute Gasteiger partial charge is 0.465 e. The average Bonchev–Trinajstić information content (AvgIpc) is 3.15. The van der Waals surface area contributed by atoms with Crippen LogP contribution in [0.25, 0.3) is 10.6 Å². The number of sulfonamides is 1. The molecule has 3 atom stereocenters. The highest BCUT2D eigenvalue weighted by atomic mass is 32.2. The smallest absolute Gasteiger partial charge is 0.452 e. The van der Waals surface area contributed by atoms with Crippen LogP contribution in [0.15, 0.2) is 57.3 Å². The summed E-state index contributed by atoms with van der Waals surface area (Å²) in [4.78, 5) is 9.06. The molecule has 32 heavy (non-hydrogen) atoms. The summed E-state index contributed by atoms with van der Waals surface area (Å²) in [5.74, 6) is -0.974. The number of hydrogen-bond donors (Lipinski definition) is 3. The quantitative estimate of drug-likeness (QED) is 0.493. The molecular formula is C19H18F3N3O5S2. The van der Waals surface area contributed by atoms with Crippen LogP contribution >= 0.6 is 11.3 Å². The van der Waals surface area contributed by atoms with E-state index in [0.29, 0.717) is 0 Å². The first-order valence-corrected chi connectivity index (χ1v) is 11.4. The summed E-state index contributed by atoms with van der Waals surface area (Å²) < 4.78 is 70.3. The number of amides is 1. The van der Waals surface area contributed by atoms with Gasteiger partial charge in [-0.05, 0) is 23.6 Å². The second-order valence-electron chi connectivity index (χ2n) is 6.97. The van der Waals surface area contributed by atoms with Gasteiger partial charge < -0.3 is 15.4 Å². The van der Waals surface area contributed by atoms with Gasteiger partial charge in [0.15, 0.2) is 0 Å². The molecule has 0 unspecified atom stereocenters. The first kappa shape index (κ1) is 23.8. The van der Waals surface area contributed by atoms with Crippen molar-refractivity contribution in [3.8, 4) is 10.6 Å². The first-order chi connectivity index (χ1) is 14.9. The number of carbonyl (C=O) groups is 1. The lowest BCUT2D eigenvalue weighted by Gasteiger charge is -2.04. The molecule has 0 spiro atoms. The molecule has 4 N–H and O–H groups in total. The van der Waals surface area contributed by atoms with Gasteiger partial charge in [0.2, 0.25) is 15.8 Å². The van der Waals surface area contributed by atoms with E-state index in [1.54, 1.807) is 0 Å². The molecule has 0 radical (unpaired) electrons. The van der Waals surface area contributed by atoms with Crippen molar-refractivity contribution >= 4 is 27.5 Å². The number of nitrogens with two attached hydrogens (primary N) is 1. The van der Waals surface area contributed by atoms with Crippen molar-refractivity contribution < 1.29 is 36.0 Å². The van der Waals surface area contributed by atoms with Gasteiger partial charge in [-0.3, -0.25) is 0 Å². The fourth-order valence-electron chi connectivity index (χ4n) is 3.19. The van der Waals surface area contributed by atoms with E-state index in [4.69, 9.17) is 9.90 Å². The van der Waals surface area contributed by atoms with Crippen LogP contribution in [-0.4, -0.2) is 30.8 Å². The number of hydrogen-bond acceptors (Lipinski definition) is 6. The van der Waals surface area contributed by atoms with E-state index in [1.165, 1.54) is 12.1 Å². The molecule has 0 saturated heterocycles. The molecule has 1 saturated carbocycles. The number of carboxylic acid groups (broad SMARTS) is 1. The minimum atomic E-state index is -4.65. The van der Waals surface area contributed by atoms with Gasteiger partial charge in [-0.15, -0.1) is 11.3 Å². The zero-order valence-corrected chi connectivity index (χ0v) is 18.0. The molecular weight excluding hydrogens is 471 g/mol. The number of alkyl halides is 3. The number of rotatable bonds is 5. The normalized spacial score (nSPS) is 20.3. The molecule has 1 aromatic carbocycles. The zero-order valence-electron chi connectivity index (χ0n) is 16.4. The lowest BCUT2D eigenvalue weighted by molar-refractivity contribution is -0.155. The predicted molar refractivity (Wildman–Crippen MR) is 109 cm³/mol. The van der Waals surface area contributed by atoms with E-state index < -0.39 is 28.1 Å². The van der Waals surface area contributed by atoms with Crippen LogP contribution in [-0.2, 0) is 16.2 Å². The molecule has 1 aliphatic carbocycles. The maximum absolute atomic E-state index is 12.7. The minimum absolute atomic E-state index is 0.0185. The number of benzene rings is 1. The van der Waals surface area contributed by atoms with Gasteiger partial charge in [0.05, 0.1) is 4.88 Å². The van der Waals surface area contributed by atoms with Gasteiger partial charge in [0.25, 0.3) is 0 Å². The molecule has 1 aliphatic rings. The van der Waals surface area contributed by atoms with Crippen molar-refractivity contribution in [2.45, 2.75) is 29.3 Å². The Hall–Kier alpha value is -2.90. The number of nitrogens with one attached hydrogen (secondary N) is 1.